The van der Waals surface area contributed by atoms with Crippen LogP contribution in [0.3, 0.4) is 0 Å². The van der Waals surface area contributed by atoms with E-state index in [0.29, 0.717) is 5.56 Å². The zero-order valence-electron chi connectivity index (χ0n) is 6.84. The minimum absolute atomic E-state index is 0.134. The standard InChI is InChI=1S/C10H7N2O/c13-9(10-11-6-7-12-10)8-4-2-1-3-5-8/h1-7H. The molecule has 63 valence electrons. The van der Waals surface area contributed by atoms with E-state index < -0.39 is 0 Å². The Morgan fingerprint density at radius 3 is 2.23 bits per heavy atom. The smallest absolute Gasteiger partial charge is 0.230 e. The van der Waals surface area contributed by atoms with E-state index in [4.69, 9.17) is 0 Å². The Labute approximate surface area is 75.8 Å². The van der Waals surface area contributed by atoms with Crippen LogP contribution in [0.2, 0.25) is 0 Å². The number of benzene rings is 1. The fourth-order valence-electron chi connectivity index (χ4n) is 1.08. The molecule has 0 saturated heterocycles. The lowest BCUT2D eigenvalue weighted by Gasteiger charge is -1.95. The van der Waals surface area contributed by atoms with Gasteiger partial charge in [0.2, 0.25) is 11.6 Å². The van der Waals surface area contributed by atoms with Gasteiger partial charge in [-0.25, -0.2) is 9.98 Å². The second-order valence-corrected chi connectivity index (χ2v) is 2.58. The van der Waals surface area contributed by atoms with E-state index in [-0.39, 0.29) is 11.6 Å². The first-order valence-electron chi connectivity index (χ1n) is 3.91. The van der Waals surface area contributed by atoms with Gasteiger partial charge in [0.15, 0.2) is 0 Å². The largest absolute Gasteiger partial charge is 0.285 e. The molecule has 1 aromatic carbocycles. The van der Waals surface area contributed by atoms with Gasteiger partial charge < -0.3 is 0 Å². The topological polar surface area (TPSA) is 44.6 Å². The second kappa shape index (κ2) is 3.23. The van der Waals surface area contributed by atoms with Gasteiger partial charge in [-0.05, 0) is 0 Å². The van der Waals surface area contributed by atoms with E-state index >= 15 is 0 Å². The molecule has 0 unspecified atom stereocenters. The molecule has 3 nitrogen and oxygen atoms in total. The van der Waals surface area contributed by atoms with Gasteiger partial charge in [0.25, 0.3) is 0 Å². The van der Waals surface area contributed by atoms with Crippen molar-refractivity contribution in [3.63, 3.8) is 0 Å². The molecule has 1 aromatic rings. The van der Waals surface area contributed by atoms with E-state index in [2.05, 4.69) is 9.98 Å². The molecule has 2 rings (SSSR count). The van der Waals surface area contributed by atoms with Crippen LogP contribution < -0.4 is 0 Å². The molecule has 0 amide bonds. The van der Waals surface area contributed by atoms with Crippen molar-refractivity contribution >= 4 is 18.2 Å². The average Bonchev–Trinajstić information content (AvgIpc) is 2.71. The number of aliphatic imine (C=N–C) groups is 2. The maximum atomic E-state index is 11.6. The first-order valence-corrected chi connectivity index (χ1v) is 3.91. The molecule has 0 spiro atoms. The van der Waals surface area contributed by atoms with E-state index in [1.165, 1.54) is 12.4 Å². The summed E-state index contributed by atoms with van der Waals surface area (Å²) in [4.78, 5) is 7.66. The minimum atomic E-state index is -0.134. The monoisotopic (exact) mass is 171 g/mol. The summed E-state index contributed by atoms with van der Waals surface area (Å²) < 4.78 is 0. The van der Waals surface area contributed by atoms with E-state index in [9.17, 15) is 5.11 Å². The number of hydrogen-bond donors (Lipinski definition) is 0. The van der Waals surface area contributed by atoms with Crippen LogP contribution in [-0.2, 0) is 5.11 Å². The SMILES string of the molecule is [O]C(=C1N=CC=N1)c1ccccc1. The summed E-state index contributed by atoms with van der Waals surface area (Å²) in [5, 5.41) is 11.6. The summed E-state index contributed by atoms with van der Waals surface area (Å²) in [5.41, 5.74) is 0.619. The minimum Gasteiger partial charge on any atom is -0.285 e. The van der Waals surface area contributed by atoms with Crippen molar-refractivity contribution in [1.29, 1.82) is 0 Å². The van der Waals surface area contributed by atoms with Crippen LogP contribution in [-0.4, -0.2) is 12.4 Å². The summed E-state index contributed by atoms with van der Waals surface area (Å²) in [6.45, 7) is 0. The molecule has 1 aliphatic heterocycles. The van der Waals surface area contributed by atoms with Gasteiger partial charge in [-0.1, -0.05) is 30.3 Å². The molecule has 1 heterocycles. The third kappa shape index (κ3) is 1.49. The zero-order valence-corrected chi connectivity index (χ0v) is 6.84. The second-order valence-electron chi connectivity index (χ2n) is 2.58. The number of hydrogen-bond acceptors (Lipinski definition) is 2. The Kier molecular flexibility index (Phi) is 1.92. The van der Waals surface area contributed by atoms with Crippen molar-refractivity contribution in [3.8, 4) is 0 Å². The first kappa shape index (κ1) is 7.73. The van der Waals surface area contributed by atoms with E-state index in [0.717, 1.165) is 0 Å². The predicted octanol–water partition coefficient (Wildman–Crippen LogP) is 1.90. The molecular formula is C10H7N2O. The zero-order chi connectivity index (χ0) is 9.10. The lowest BCUT2D eigenvalue weighted by atomic mass is 10.2. The van der Waals surface area contributed by atoms with Crippen LogP contribution in [0.4, 0.5) is 0 Å². The van der Waals surface area contributed by atoms with Crippen molar-refractivity contribution in [2.45, 2.75) is 0 Å². The number of nitrogens with zero attached hydrogens (tertiary/aromatic N) is 2. The maximum Gasteiger partial charge on any atom is 0.230 e. The van der Waals surface area contributed by atoms with Crippen molar-refractivity contribution in [3.05, 3.63) is 41.7 Å². The summed E-state index contributed by atoms with van der Waals surface area (Å²) in [6, 6.07) is 8.99. The van der Waals surface area contributed by atoms with Gasteiger partial charge in [-0.2, -0.15) is 0 Å². The normalized spacial score (nSPS) is 13.7. The quantitative estimate of drug-likeness (QED) is 0.579. The van der Waals surface area contributed by atoms with Crippen molar-refractivity contribution in [1.82, 2.24) is 0 Å². The van der Waals surface area contributed by atoms with Gasteiger partial charge in [-0.15, -0.1) is 0 Å². The van der Waals surface area contributed by atoms with Crippen LogP contribution >= 0.6 is 0 Å². The molecule has 0 saturated carbocycles. The Morgan fingerprint density at radius 2 is 1.62 bits per heavy atom. The fourth-order valence-corrected chi connectivity index (χ4v) is 1.08. The molecule has 0 aliphatic carbocycles. The Balaban J connectivity index is 2.43. The highest BCUT2D eigenvalue weighted by Gasteiger charge is 2.09. The predicted molar refractivity (Wildman–Crippen MR) is 51.0 cm³/mol. The van der Waals surface area contributed by atoms with Gasteiger partial charge in [-0.3, -0.25) is 5.11 Å². The molecule has 0 aromatic heterocycles. The molecule has 1 aliphatic rings. The lowest BCUT2D eigenvalue weighted by molar-refractivity contribution is 0.384. The molecule has 0 fully saturated rings. The molecule has 0 bridgehead atoms. The van der Waals surface area contributed by atoms with Crippen LogP contribution in [0.25, 0.3) is 5.76 Å². The third-order valence-corrected chi connectivity index (χ3v) is 1.70. The summed E-state index contributed by atoms with van der Waals surface area (Å²) in [5.74, 6) is 0.122. The van der Waals surface area contributed by atoms with Crippen LogP contribution in [0.5, 0.6) is 0 Å². The highest BCUT2D eigenvalue weighted by atomic mass is 16.3. The van der Waals surface area contributed by atoms with Gasteiger partial charge in [0, 0.05) is 18.0 Å². The van der Waals surface area contributed by atoms with Crippen LogP contribution in [0, 0.1) is 0 Å². The van der Waals surface area contributed by atoms with Gasteiger partial charge in [0.1, 0.15) is 0 Å². The Hall–Kier alpha value is -1.90. The number of rotatable bonds is 1. The van der Waals surface area contributed by atoms with Gasteiger partial charge in [0.05, 0.1) is 0 Å². The summed E-state index contributed by atoms with van der Waals surface area (Å²) in [6.07, 6.45) is 3.02. The van der Waals surface area contributed by atoms with Gasteiger partial charge >= 0.3 is 0 Å². The van der Waals surface area contributed by atoms with Crippen molar-refractivity contribution in [2.75, 3.05) is 0 Å². The Morgan fingerprint density at radius 1 is 1.00 bits per heavy atom. The molecule has 0 N–H and O–H groups in total. The van der Waals surface area contributed by atoms with Crippen molar-refractivity contribution < 1.29 is 5.11 Å². The summed E-state index contributed by atoms with van der Waals surface area (Å²) >= 11 is 0. The van der Waals surface area contributed by atoms with E-state index in [1.807, 2.05) is 18.2 Å². The highest BCUT2D eigenvalue weighted by Crippen LogP contribution is 2.18. The third-order valence-electron chi connectivity index (χ3n) is 1.70. The lowest BCUT2D eigenvalue weighted by Crippen LogP contribution is -1.83. The molecule has 0 atom stereocenters. The molecule has 1 radical (unpaired) electrons. The highest BCUT2D eigenvalue weighted by molar-refractivity contribution is 6.18. The van der Waals surface area contributed by atoms with Crippen LogP contribution in [0.1, 0.15) is 5.56 Å². The van der Waals surface area contributed by atoms with Crippen LogP contribution in [0.15, 0.2) is 46.1 Å². The average molecular weight is 171 g/mol. The Bertz CT molecular complexity index is 377. The van der Waals surface area contributed by atoms with E-state index in [1.54, 1.807) is 12.1 Å². The molecule has 13 heavy (non-hydrogen) atoms. The van der Waals surface area contributed by atoms with Crippen molar-refractivity contribution in [2.24, 2.45) is 9.98 Å². The maximum absolute atomic E-state index is 11.6. The molecule has 3 heteroatoms. The fraction of sp³-hybridized carbons (Fsp3) is 0. The summed E-state index contributed by atoms with van der Waals surface area (Å²) in [7, 11) is 0. The first-order chi connectivity index (χ1) is 6.38. The molecular weight excluding hydrogens is 164 g/mol.